The quantitative estimate of drug-likeness (QED) is 0.704. The minimum absolute atomic E-state index is 0.00458. The highest BCUT2D eigenvalue weighted by Crippen LogP contribution is 2.38. The van der Waals surface area contributed by atoms with Crippen molar-refractivity contribution in [1.82, 2.24) is 14.8 Å². The van der Waals surface area contributed by atoms with E-state index in [-0.39, 0.29) is 5.41 Å². The van der Waals surface area contributed by atoms with Gasteiger partial charge in [0.1, 0.15) is 0 Å². The third-order valence-corrected chi connectivity index (χ3v) is 3.22. The lowest BCUT2D eigenvalue weighted by molar-refractivity contribution is 0.422. The molecule has 1 aromatic rings. The third kappa shape index (κ3) is 1.28. The Morgan fingerprint density at radius 3 is 2.50 bits per heavy atom. The molecule has 0 radical (unpaired) electrons. The predicted octanol–water partition coefficient (Wildman–Crippen LogP) is 0.168. The molecule has 0 saturated heterocycles. The highest BCUT2D eigenvalue weighted by atomic mass is 15.4. The molecule has 0 amide bonds. The summed E-state index contributed by atoms with van der Waals surface area (Å²) in [7, 11) is 1.81. The summed E-state index contributed by atoms with van der Waals surface area (Å²) in [5.41, 5.74) is 11.5. The molecule has 0 atom stereocenters. The van der Waals surface area contributed by atoms with Gasteiger partial charge in [0, 0.05) is 19.0 Å². The first-order valence-corrected chi connectivity index (χ1v) is 5.05. The zero-order valence-corrected chi connectivity index (χ0v) is 8.53. The Bertz CT molecular complexity index is 304. The summed E-state index contributed by atoms with van der Waals surface area (Å²) in [5, 5.41) is 4.34. The van der Waals surface area contributed by atoms with Crippen LogP contribution in [0.3, 0.4) is 0 Å². The van der Waals surface area contributed by atoms with E-state index in [2.05, 4.69) is 10.1 Å². The van der Waals surface area contributed by atoms with Crippen molar-refractivity contribution in [3.63, 3.8) is 0 Å². The summed E-state index contributed by atoms with van der Waals surface area (Å²) >= 11 is 0. The zero-order chi connectivity index (χ0) is 10.2. The number of anilines is 1. The lowest BCUT2D eigenvalue weighted by Crippen LogP contribution is -2.33. The highest BCUT2D eigenvalue weighted by molar-refractivity contribution is 5.21. The first-order chi connectivity index (χ1) is 6.68. The minimum atomic E-state index is -0.00458. The molecule has 1 heterocycles. The van der Waals surface area contributed by atoms with Crippen LogP contribution in [0.4, 0.5) is 5.95 Å². The first-order valence-electron chi connectivity index (χ1n) is 5.05. The summed E-state index contributed by atoms with van der Waals surface area (Å²) in [6.45, 7) is 0.621. The molecule has 1 aromatic heterocycles. The van der Waals surface area contributed by atoms with Crippen molar-refractivity contribution in [2.24, 2.45) is 12.8 Å². The van der Waals surface area contributed by atoms with Crippen LogP contribution in [0.5, 0.6) is 0 Å². The second-order valence-corrected chi connectivity index (χ2v) is 4.11. The zero-order valence-electron chi connectivity index (χ0n) is 8.53. The van der Waals surface area contributed by atoms with Crippen molar-refractivity contribution in [2.45, 2.75) is 31.1 Å². The molecule has 1 saturated carbocycles. The fourth-order valence-corrected chi connectivity index (χ4v) is 2.19. The summed E-state index contributed by atoms with van der Waals surface area (Å²) in [6.07, 6.45) is 4.62. The van der Waals surface area contributed by atoms with E-state index in [1.807, 2.05) is 7.05 Å². The molecule has 14 heavy (non-hydrogen) atoms. The topological polar surface area (TPSA) is 82.8 Å². The Morgan fingerprint density at radius 2 is 2.07 bits per heavy atom. The third-order valence-electron chi connectivity index (χ3n) is 3.22. The van der Waals surface area contributed by atoms with Crippen LogP contribution in [0.15, 0.2) is 0 Å². The smallest absolute Gasteiger partial charge is 0.218 e. The molecule has 1 aliphatic rings. The summed E-state index contributed by atoms with van der Waals surface area (Å²) in [5.74, 6) is 1.30. The molecule has 5 nitrogen and oxygen atoms in total. The maximum atomic E-state index is 5.83. The fraction of sp³-hybridized carbons (Fsp3) is 0.778. The lowest BCUT2D eigenvalue weighted by Gasteiger charge is -2.22. The lowest BCUT2D eigenvalue weighted by atomic mass is 9.85. The number of nitrogen functional groups attached to an aromatic ring is 1. The predicted molar refractivity (Wildman–Crippen MR) is 54.6 cm³/mol. The Morgan fingerprint density at radius 1 is 1.43 bits per heavy atom. The standard InChI is InChI=1S/C9H17N5/c1-14-8(11)12-7(13-14)9(6-10)4-2-3-5-9/h2-6,10H2,1H3,(H2,11,12,13). The second kappa shape index (κ2) is 3.24. The number of aryl methyl sites for hydroxylation is 1. The molecular weight excluding hydrogens is 178 g/mol. The van der Waals surface area contributed by atoms with Crippen LogP contribution in [-0.2, 0) is 12.5 Å². The van der Waals surface area contributed by atoms with E-state index < -0.39 is 0 Å². The highest BCUT2D eigenvalue weighted by Gasteiger charge is 2.38. The van der Waals surface area contributed by atoms with E-state index in [1.54, 1.807) is 4.68 Å². The van der Waals surface area contributed by atoms with Gasteiger partial charge < -0.3 is 11.5 Å². The van der Waals surface area contributed by atoms with E-state index in [9.17, 15) is 0 Å². The van der Waals surface area contributed by atoms with Gasteiger partial charge in [0.2, 0.25) is 5.95 Å². The monoisotopic (exact) mass is 195 g/mol. The minimum Gasteiger partial charge on any atom is -0.368 e. The molecule has 0 unspecified atom stereocenters. The summed E-state index contributed by atoms with van der Waals surface area (Å²) < 4.78 is 1.62. The molecule has 0 spiro atoms. The van der Waals surface area contributed by atoms with Crippen molar-refractivity contribution < 1.29 is 0 Å². The molecule has 1 fully saturated rings. The van der Waals surface area contributed by atoms with E-state index in [1.165, 1.54) is 12.8 Å². The van der Waals surface area contributed by atoms with E-state index in [0.717, 1.165) is 18.7 Å². The second-order valence-electron chi connectivity index (χ2n) is 4.11. The van der Waals surface area contributed by atoms with E-state index in [0.29, 0.717) is 12.5 Å². The molecule has 1 aliphatic carbocycles. The van der Waals surface area contributed by atoms with E-state index >= 15 is 0 Å². The Kier molecular flexibility index (Phi) is 2.19. The average molecular weight is 195 g/mol. The maximum absolute atomic E-state index is 5.83. The Balaban J connectivity index is 2.36. The largest absolute Gasteiger partial charge is 0.368 e. The van der Waals surface area contributed by atoms with Crippen LogP contribution < -0.4 is 11.5 Å². The van der Waals surface area contributed by atoms with Gasteiger partial charge in [0.25, 0.3) is 0 Å². The molecule has 4 N–H and O–H groups in total. The maximum Gasteiger partial charge on any atom is 0.218 e. The van der Waals surface area contributed by atoms with E-state index in [4.69, 9.17) is 11.5 Å². The van der Waals surface area contributed by atoms with Gasteiger partial charge in [-0.25, -0.2) is 4.68 Å². The van der Waals surface area contributed by atoms with Crippen molar-refractivity contribution in [2.75, 3.05) is 12.3 Å². The van der Waals surface area contributed by atoms with Gasteiger partial charge in [-0.15, -0.1) is 0 Å². The normalized spacial score (nSPS) is 20.1. The van der Waals surface area contributed by atoms with Crippen LogP contribution >= 0.6 is 0 Å². The molecule has 2 rings (SSSR count). The molecule has 0 aromatic carbocycles. The van der Waals surface area contributed by atoms with Crippen molar-refractivity contribution >= 4 is 5.95 Å². The van der Waals surface area contributed by atoms with Crippen LogP contribution in [0.2, 0.25) is 0 Å². The molecule has 5 heteroatoms. The SMILES string of the molecule is Cn1nc(C2(CN)CCCC2)nc1N. The Hall–Kier alpha value is -1.10. The summed E-state index contributed by atoms with van der Waals surface area (Å²) in [6, 6.07) is 0. The number of rotatable bonds is 2. The van der Waals surface area contributed by atoms with Crippen molar-refractivity contribution in [1.29, 1.82) is 0 Å². The van der Waals surface area contributed by atoms with Gasteiger partial charge in [-0.1, -0.05) is 12.8 Å². The van der Waals surface area contributed by atoms with Gasteiger partial charge in [0.05, 0.1) is 0 Å². The Labute approximate surface area is 83.5 Å². The van der Waals surface area contributed by atoms with Gasteiger partial charge in [-0.05, 0) is 12.8 Å². The average Bonchev–Trinajstić information content (AvgIpc) is 2.75. The number of aromatic nitrogens is 3. The number of nitrogens with two attached hydrogens (primary N) is 2. The van der Waals surface area contributed by atoms with Gasteiger partial charge >= 0.3 is 0 Å². The van der Waals surface area contributed by atoms with Gasteiger partial charge in [-0.3, -0.25) is 0 Å². The van der Waals surface area contributed by atoms with Crippen LogP contribution in [0.1, 0.15) is 31.5 Å². The molecular formula is C9H17N5. The number of hydrogen-bond donors (Lipinski definition) is 2. The molecule has 78 valence electrons. The fourth-order valence-electron chi connectivity index (χ4n) is 2.19. The number of nitrogens with zero attached hydrogens (tertiary/aromatic N) is 3. The van der Waals surface area contributed by atoms with Crippen LogP contribution in [0.25, 0.3) is 0 Å². The van der Waals surface area contributed by atoms with Crippen LogP contribution in [0, 0.1) is 0 Å². The van der Waals surface area contributed by atoms with Gasteiger partial charge in [0.15, 0.2) is 5.82 Å². The number of hydrogen-bond acceptors (Lipinski definition) is 4. The van der Waals surface area contributed by atoms with Crippen LogP contribution in [-0.4, -0.2) is 21.3 Å². The first kappa shape index (κ1) is 9.45. The van der Waals surface area contributed by atoms with Gasteiger partial charge in [-0.2, -0.15) is 10.1 Å². The molecule has 0 bridgehead atoms. The molecule has 0 aliphatic heterocycles. The van der Waals surface area contributed by atoms with Crippen molar-refractivity contribution in [3.8, 4) is 0 Å². The van der Waals surface area contributed by atoms with Crippen molar-refractivity contribution in [3.05, 3.63) is 5.82 Å². The summed E-state index contributed by atoms with van der Waals surface area (Å²) in [4.78, 5) is 4.28.